The summed E-state index contributed by atoms with van der Waals surface area (Å²) >= 11 is 6.32. The number of aliphatic hydroxyl groups is 2. The standard InChI is InChI=1S/C21H31ClN4O3.C7H7F.CH4O/c1-3-20(28)25-8-6-17(7-9-25)26-13-16(14-26)23-15-4-5-18(19(22)12-15)21(29)24(2)10-11-27;1-6-3-2-4-7(8)5-6;1-2/h4-5,12,16-17,23,27H,3,6-11,13-14H2,1-2H3;2-5H,1H3;2H,1H3. The zero-order valence-electron chi connectivity index (χ0n) is 23.4. The second-order valence-corrected chi connectivity index (χ2v) is 10.1. The number of carbonyl (C=O) groups is 2. The average molecular weight is 565 g/mol. The number of nitrogens with zero attached hydrogens (tertiary/aromatic N) is 3. The number of likely N-dealkylation sites (tertiary alicyclic amines) is 2. The molecule has 2 aromatic rings. The third-order valence-electron chi connectivity index (χ3n) is 6.88. The van der Waals surface area contributed by atoms with Crippen LogP contribution in [-0.2, 0) is 4.79 Å². The Morgan fingerprint density at radius 2 is 1.79 bits per heavy atom. The summed E-state index contributed by atoms with van der Waals surface area (Å²) in [6, 6.07) is 12.8. The van der Waals surface area contributed by atoms with Crippen LogP contribution >= 0.6 is 11.6 Å². The SMILES string of the molecule is CCC(=O)N1CCC(N2CC(Nc3ccc(C(=O)N(C)CCO)c(Cl)c3)C2)CC1.CO.Cc1cccc(F)c1. The number of aliphatic hydroxyl groups excluding tert-OH is 2. The molecule has 0 spiro atoms. The van der Waals surface area contributed by atoms with Crippen molar-refractivity contribution in [1.29, 1.82) is 0 Å². The molecule has 0 saturated carbocycles. The van der Waals surface area contributed by atoms with Crippen LogP contribution in [0.5, 0.6) is 0 Å². The Hall–Kier alpha value is -2.72. The van der Waals surface area contributed by atoms with Crippen molar-refractivity contribution in [1.82, 2.24) is 14.7 Å². The van der Waals surface area contributed by atoms with Gasteiger partial charge >= 0.3 is 0 Å². The lowest BCUT2D eigenvalue weighted by atomic mass is 9.97. The van der Waals surface area contributed by atoms with Gasteiger partial charge in [-0.25, -0.2) is 4.39 Å². The molecule has 8 nitrogen and oxygen atoms in total. The third-order valence-corrected chi connectivity index (χ3v) is 7.19. The maximum Gasteiger partial charge on any atom is 0.255 e. The van der Waals surface area contributed by atoms with Crippen LogP contribution in [0.2, 0.25) is 5.02 Å². The average Bonchev–Trinajstić information content (AvgIpc) is 2.91. The molecule has 2 fully saturated rings. The number of benzene rings is 2. The van der Waals surface area contributed by atoms with Crippen LogP contribution in [-0.4, -0.2) is 102 Å². The molecule has 4 rings (SSSR count). The molecule has 216 valence electrons. The predicted molar refractivity (Wildman–Crippen MR) is 154 cm³/mol. The van der Waals surface area contributed by atoms with Crippen LogP contribution < -0.4 is 5.32 Å². The summed E-state index contributed by atoms with van der Waals surface area (Å²) in [6.07, 6.45) is 2.68. The van der Waals surface area contributed by atoms with E-state index >= 15 is 0 Å². The molecule has 3 N–H and O–H groups in total. The molecule has 2 saturated heterocycles. The quantitative estimate of drug-likeness (QED) is 0.475. The van der Waals surface area contributed by atoms with Crippen molar-refractivity contribution < 1.29 is 24.2 Å². The summed E-state index contributed by atoms with van der Waals surface area (Å²) in [4.78, 5) is 30.1. The van der Waals surface area contributed by atoms with E-state index in [9.17, 15) is 14.0 Å². The lowest BCUT2D eigenvalue weighted by molar-refractivity contribution is -0.132. The summed E-state index contributed by atoms with van der Waals surface area (Å²) in [5.41, 5.74) is 2.31. The first kappa shape index (κ1) is 32.5. The van der Waals surface area contributed by atoms with Crippen LogP contribution in [0.15, 0.2) is 42.5 Å². The molecule has 2 aliphatic heterocycles. The summed E-state index contributed by atoms with van der Waals surface area (Å²) < 4.78 is 12.2. The highest BCUT2D eigenvalue weighted by molar-refractivity contribution is 6.34. The van der Waals surface area contributed by atoms with Gasteiger partial charge in [0.25, 0.3) is 5.91 Å². The molecule has 2 heterocycles. The number of carbonyl (C=O) groups excluding carboxylic acids is 2. The van der Waals surface area contributed by atoms with Crippen molar-refractivity contribution >= 4 is 29.1 Å². The first-order valence-electron chi connectivity index (χ1n) is 13.3. The van der Waals surface area contributed by atoms with Crippen molar-refractivity contribution in [3.05, 3.63) is 64.4 Å². The van der Waals surface area contributed by atoms with Crippen molar-refractivity contribution in [2.24, 2.45) is 0 Å². The third kappa shape index (κ3) is 9.76. The molecule has 0 aliphatic carbocycles. The Bertz CT molecular complexity index is 1040. The molecule has 2 amide bonds. The summed E-state index contributed by atoms with van der Waals surface area (Å²) in [6.45, 7) is 7.66. The number of piperidine rings is 1. The maximum atomic E-state index is 12.3. The lowest BCUT2D eigenvalue weighted by Gasteiger charge is -2.47. The fourth-order valence-electron chi connectivity index (χ4n) is 4.68. The van der Waals surface area contributed by atoms with Gasteiger partial charge in [-0.2, -0.15) is 0 Å². The molecular weight excluding hydrogens is 523 g/mol. The molecule has 2 aliphatic rings. The van der Waals surface area contributed by atoms with E-state index in [1.807, 2.05) is 30.9 Å². The molecular formula is C29H42ClFN4O4. The van der Waals surface area contributed by atoms with Gasteiger partial charge in [0.15, 0.2) is 0 Å². The second kappa shape index (κ2) is 16.4. The Balaban J connectivity index is 0.000000451. The van der Waals surface area contributed by atoms with Gasteiger partial charge in [-0.3, -0.25) is 14.5 Å². The number of hydrogen-bond acceptors (Lipinski definition) is 6. The zero-order valence-corrected chi connectivity index (χ0v) is 24.1. The van der Waals surface area contributed by atoms with Crippen LogP contribution in [0.25, 0.3) is 0 Å². The minimum atomic E-state index is -0.196. The van der Waals surface area contributed by atoms with E-state index in [1.165, 1.54) is 17.0 Å². The van der Waals surface area contributed by atoms with E-state index in [0.29, 0.717) is 29.1 Å². The first-order valence-corrected chi connectivity index (χ1v) is 13.7. The van der Waals surface area contributed by atoms with Crippen LogP contribution in [0.1, 0.15) is 42.1 Å². The molecule has 0 bridgehead atoms. The number of amides is 2. The highest BCUT2D eigenvalue weighted by Crippen LogP contribution is 2.27. The van der Waals surface area contributed by atoms with Crippen molar-refractivity contribution in [2.75, 3.05) is 58.8 Å². The second-order valence-electron chi connectivity index (χ2n) is 9.70. The molecule has 2 aromatic carbocycles. The Morgan fingerprint density at radius 1 is 1.13 bits per heavy atom. The molecule has 0 atom stereocenters. The van der Waals surface area contributed by atoms with Gasteiger partial charge in [-0.15, -0.1) is 0 Å². The van der Waals surface area contributed by atoms with E-state index in [4.69, 9.17) is 21.8 Å². The van der Waals surface area contributed by atoms with Crippen LogP contribution in [0.3, 0.4) is 0 Å². The van der Waals surface area contributed by atoms with Crippen molar-refractivity contribution in [3.63, 3.8) is 0 Å². The van der Waals surface area contributed by atoms with Crippen molar-refractivity contribution in [2.45, 2.75) is 45.2 Å². The number of halogens is 2. The number of likely N-dealkylation sites (N-methyl/N-ethyl adjacent to an activating group) is 1. The molecule has 10 heteroatoms. The highest BCUT2D eigenvalue weighted by Gasteiger charge is 2.34. The molecule has 0 radical (unpaired) electrons. The van der Waals surface area contributed by atoms with Gasteiger partial charge in [0.1, 0.15) is 5.82 Å². The fraction of sp³-hybridized carbons (Fsp3) is 0.517. The van der Waals surface area contributed by atoms with E-state index in [1.54, 1.807) is 25.2 Å². The van der Waals surface area contributed by atoms with Gasteiger partial charge in [-0.1, -0.05) is 30.7 Å². The number of aryl methyl sites for hydroxylation is 1. The Kier molecular flexibility index (Phi) is 13.7. The molecule has 39 heavy (non-hydrogen) atoms. The molecule has 0 unspecified atom stereocenters. The van der Waals surface area contributed by atoms with E-state index in [2.05, 4.69) is 10.2 Å². The summed E-state index contributed by atoms with van der Waals surface area (Å²) in [5.74, 6) is -0.101. The van der Waals surface area contributed by atoms with Gasteiger partial charge in [0.05, 0.1) is 23.2 Å². The predicted octanol–water partition coefficient (Wildman–Crippen LogP) is 3.64. The first-order chi connectivity index (χ1) is 18.7. The van der Waals surface area contributed by atoms with E-state index < -0.39 is 0 Å². The number of rotatable bonds is 7. The summed E-state index contributed by atoms with van der Waals surface area (Å²) in [5, 5.41) is 19.9. The minimum absolute atomic E-state index is 0.0778. The van der Waals surface area contributed by atoms with Crippen LogP contribution in [0.4, 0.5) is 10.1 Å². The van der Waals surface area contributed by atoms with E-state index in [-0.39, 0.29) is 30.8 Å². The highest BCUT2D eigenvalue weighted by atomic mass is 35.5. The molecule has 0 aromatic heterocycles. The topological polar surface area (TPSA) is 96.4 Å². The largest absolute Gasteiger partial charge is 0.400 e. The van der Waals surface area contributed by atoms with Gasteiger partial charge < -0.3 is 25.3 Å². The van der Waals surface area contributed by atoms with Crippen molar-refractivity contribution in [3.8, 4) is 0 Å². The van der Waals surface area contributed by atoms with E-state index in [0.717, 1.165) is 57.4 Å². The normalized spacial score (nSPS) is 15.7. The smallest absolute Gasteiger partial charge is 0.255 e. The van der Waals surface area contributed by atoms with Gasteiger partial charge in [-0.05, 0) is 55.7 Å². The van der Waals surface area contributed by atoms with Crippen LogP contribution in [0, 0.1) is 12.7 Å². The lowest BCUT2D eigenvalue weighted by Crippen LogP contribution is -2.60. The monoisotopic (exact) mass is 564 g/mol. The Morgan fingerprint density at radius 3 is 2.31 bits per heavy atom. The van der Waals surface area contributed by atoms with Gasteiger partial charge in [0.2, 0.25) is 5.91 Å². The zero-order chi connectivity index (χ0) is 28.9. The Labute approximate surface area is 236 Å². The minimum Gasteiger partial charge on any atom is -0.400 e. The number of hydrogen-bond donors (Lipinski definition) is 3. The fourth-order valence-corrected chi connectivity index (χ4v) is 4.94. The number of nitrogens with one attached hydrogen (secondary N) is 1. The number of anilines is 1. The van der Waals surface area contributed by atoms with Gasteiger partial charge in [0, 0.05) is 65.0 Å². The maximum absolute atomic E-state index is 12.3. The summed E-state index contributed by atoms with van der Waals surface area (Å²) in [7, 11) is 2.65.